The van der Waals surface area contributed by atoms with Gasteiger partial charge in [0.05, 0.1) is 4.90 Å². The van der Waals surface area contributed by atoms with Crippen LogP contribution in [0.3, 0.4) is 0 Å². The lowest BCUT2D eigenvalue weighted by atomic mass is 10.2. The van der Waals surface area contributed by atoms with Crippen LogP contribution >= 0.6 is 0 Å². The van der Waals surface area contributed by atoms with Gasteiger partial charge in [-0.1, -0.05) is 18.2 Å². The molecule has 1 aromatic rings. The Bertz CT molecular complexity index is 415. The maximum Gasteiger partial charge on any atom is 0.240 e. The zero-order valence-corrected chi connectivity index (χ0v) is 9.76. The maximum absolute atomic E-state index is 11.8. The van der Waals surface area contributed by atoms with E-state index >= 15 is 0 Å². The van der Waals surface area contributed by atoms with Crippen LogP contribution in [0.15, 0.2) is 29.2 Å². The van der Waals surface area contributed by atoms with Gasteiger partial charge in [-0.05, 0) is 25.6 Å². The van der Waals surface area contributed by atoms with Crippen LogP contribution in [0.5, 0.6) is 0 Å². The average molecular weight is 228 g/mol. The first-order valence-electron chi connectivity index (χ1n) is 4.78. The second-order valence-electron chi connectivity index (χ2n) is 3.27. The zero-order valence-electron chi connectivity index (χ0n) is 8.95. The Balaban J connectivity index is 2.83. The molecule has 5 heteroatoms. The minimum Gasteiger partial charge on any atom is -0.318 e. The Labute approximate surface area is 90.8 Å². The van der Waals surface area contributed by atoms with Crippen LogP contribution in [0.2, 0.25) is 0 Å². The molecular formula is C10H16N2O2S. The highest BCUT2D eigenvalue weighted by molar-refractivity contribution is 7.89. The summed E-state index contributed by atoms with van der Waals surface area (Å²) in [5, 5.41) is 2.88. The van der Waals surface area contributed by atoms with Crippen molar-refractivity contribution in [2.24, 2.45) is 0 Å². The van der Waals surface area contributed by atoms with Crippen LogP contribution in [0.1, 0.15) is 5.56 Å². The lowest BCUT2D eigenvalue weighted by Crippen LogP contribution is -2.30. The van der Waals surface area contributed by atoms with Crippen LogP contribution in [-0.4, -0.2) is 28.6 Å². The highest BCUT2D eigenvalue weighted by atomic mass is 32.2. The molecule has 0 spiro atoms. The van der Waals surface area contributed by atoms with Gasteiger partial charge in [0.25, 0.3) is 0 Å². The molecule has 0 amide bonds. The van der Waals surface area contributed by atoms with Crippen molar-refractivity contribution >= 4 is 10.0 Å². The number of likely N-dealkylation sites (N-methyl/N-ethyl adjacent to an activating group) is 1. The minimum absolute atomic E-state index is 0.348. The van der Waals surface area contributed by atoms with Crippen LogP contribution < -0.4 is 10.0 Å². The van der Waals surface area contributed by atoms with Crippen molar-refractivity contribution in [1.29, 1.82) is 0 Å². The Morgan fingerprint density at radius 2 is 1.87 bits per heavy atom. The molecule has 2 N–H and O–H groups in total. The first-order valence-corrected chi connectivity index (χ1v) is 6.26. The predicted molar refractivity (Wildman–Crippen MR) is 60.3 cm³/mol. The molecule has 0 saturated heterocycles. The summed E-state index contributed by atoms with van der Waals surface area (Å²) in [5.41, 5.74) is 0.759. The SMILES string of the molecule is CNCCNS(=O)(=O)c1ccccc1C. The standard InChI is InChI=1S/C10H16N2O2S/c1-9-5-3-4-6-10(9)15(13,14)12-8-7-11-2/h3-6,11-12H,7-8H2,1-2H3. The summed E-state index contributed by atoms with van der Waals surface area (Å²) in [6.45, 7) is 2.80. The van der Waals surface area contributed by atoms with E-state index < -0.39 is 10.0 Å². The molecule has 0 saturated carbocycles. The van der Waals surface area contributed by atoms with Gasteiger partial charge in [-0.2, -0.15) is 0 Å². The van der Waals surface area contributed by atoms with Crippen LogP contribution in [0, 0.1) is 6.92 Å². The molecule has 0 heterocycles. The summed E-state index contributed by atoms with van der Waals surface area (Å²) in [6.07, 6.45) is 0. The summed E-state index contributed by atoms with van der Waals surface area (Å²) in [7, 11) is -1.57. The van der Waals surface area contributed by atoms with Crippen molar-refractivity contribution in [3.63, 3.8) is 0 Å². The second kappa shape index (κ2) is 5.25. The van der Waals surface area contributed by atoms with Gasteiger partial charge in [0, 0.05) is 13.1 Å². The average Bonchev–Trinajstić information content (AvgIpc) is 2.18. The fourth-order valence-corrected chi connectivity index (χ4v) is 2.52. The molecule has 1 aromatic carbocycles. The van der Waals surface area contributed by atoms with E-state index in [1.807, 2.05) is 6.07 Å². The van der Waals surface area contributed by atoms with Crippen LogP contribution in [0.4, 0.5) is 0 Å². The van der Waals surface area contributed by atoms with E-state index in [1.54, 1.807) is 32.2 Å². The third kappa shape index (κ3) is 3.30. The summed E-state index contributed by atoms with van der Waals surface area (Å²) in [4.78, 5) is 0.348. The first kappa shape index (κ1) is 12.2. The number of hydrogen-bond acceptors (Lipinski definition) is 3. The van der Waals surface area contributed by atoms with E-state index in [-0.39, 0.29) is 0 Å². The maximum atomic E-state index is 11.8. The normalized spacial score (nSPS) is 11.6. The molecule has 0 bridgehead atoms. The number of rotatable bonds is 5. The van der Waals surface area contributed by atoms with E-state index in [2.05, 4.69) is 10.0 Å². The van der Waals surface area contributed by atoms with Gasteiger partial charge < -0.3 is 5.32 Å². The number of benzene rings is 1. The molecule has 0 radical (unpaired) electrons. The molecule has 0 atom stereocenters. The highest BCUT2D eigenvalue weighted by Gasteiger charge is 2.14. The monoisotopic (exact) mass is 228 g/mol. The van der Waals surface area contributed by atoms with Crippen molar-refractivity contribution in [3.8, 4) is 0 Å². The third-order valence-electron chi connectivity index (χ3n) is 2.05. The van der Waals surface area contributed by atoms with E-state index in [0.29, 0.717) is 18.0 Å². The Morgan fingerprint density at radius 1 is 1.20 bits per heavy atom. The summed E-state index contributed by atoms with van der Waals surface area (Å²) in [5.74, 6) is 0. The van der Waals surface area contributed by atoms with E-state index in [1.165, 1.54) is 0 Å². The van der Waals surface area contributed by atoms with Crippen molar-refractivity contribution in [2.45, 2.75) is 11.8 Å². The summed E-state index contributed by atoms with van der Waals surface area (Å²) >= 11 is 0. The Kier molecular flexibility index (Phi) is 4.26. The lowest BCUT2D eigenvalue weighted by Gasteiger charge is -2.08. The van der Waals surface area contributed by atoms with Gasteiger partial charge >= 0.3 is 0 Å². The molecular weight excluding hydrogens is 212 g/mol. The molecule has 0 unspecified atom stereocenters. The predicted octanol–water partition coefficient (Wildman–Crippen LogP) is 0.493. The lowest BCUT2D eigenvalue weighted by molar-refractivity contribution is 0.579. The molecule has 4 nitrogen and oxygen atoms in total. The van der Waals surface area contributed by atoms with Crippen molar-refractivity contribution < 1.29 is 8.42 Å². The van der Waals surface area contributed by atoms with Gasteiger partial charge in [-0.3, -0.25) is 0 Å². The molecule has 0 fully saturated rings. The molecule has 15 heavy (non-hydrogen) atoms. The van der Waals surface area contributed by atoms with Gasteiger partial charge in [0.15, 0.2) is 0 Å². The quantitative estimate of drug-likeness (QED) is 0.721. The highest BCUT2D eigenvalue weighted by Crippen LogP contribution is 2.13. The smallest absolute Gasteiger partial charge is 0.240 e. The molecule has 0 aliphatic heterocycles. The van der Waals surface area contributed by atoms with E-state index in [9.17, 15) is 8.42 Å². The van der Waals surface area contributed by atoms with E-state index in [0.717, 1.165) is 5.56 Å². The van der Waals surface area contributed by atoms with Crippen molar-refractivity contribution in [2.75, 3.05) is 20.1 Å². The largest absolute Gasteiger partial charge is 0.318 e. The van der Waals surface area contributed by atoms with Gasteiger partial charge in [-0.25, -0.2) is 13.1 Å². The molecule has 0 aliphatic rings. The molecule has 0 aromatic heterocycles. The fraction of sp³-hybridized carbons (Fsp3) is 0.400. The molecule has 1 rings (SSSR count). The number of sulfonamides is 1. The van der Waals surface area contributed by atoms with Crippen LogP contribution in [-0.2, 0) is 10.0 Å². The van der Waals surface area contributed by atoms with Gasteiger partial charge in [0.2, 0.25) is 10.0 Å². The number of nitrogens with one attached hydrogen (secondary N) is 2. The first-order chi connectivity index (χ1) is 7.08. The van der Waals surface area contributed by atoms with Crippen molar-refractivity contribution in [3.05, 3.63) is 29.8 Å². The number of hydrogen-bond donors (Lipinski definition) is 2. The summed E-state index contributed by atoms with van der Waals surface area (Å²) in [6, 6.07) is 6.94. The number of aryl methyl sites for hydroxylation is 1. The fourth-order valence-electron chi connectivity index (χ4n) is 1.25. The van der Waals surface area contributed by atoms with Gasteiger partial charge in [0.1, 0.15) is 0 Å². The Morgan fingerprint density at radius 3 is 2.47 bits per heavy atom. The molecule has 0 aliphatic carbocycles. The van der Waals surface area contributed by atoms with Gasteiger partial charge in [-0.15, -0.1) is 0 Å². The molecule has 84 valence electrons. The Hall–Kier alpha value is -0.910. The minimum atomic E-state index is -3.35. The third-order valence-corrected chi connectivity index (χ3v) is 3.67. The van der Waals surface area contributed by atoms with Crippen LogP contribution in [0.25, 0.3) is 0 Å². The second-order valence-corrected chi connectivity index (χ2v) is 5.00. The van der Waals surface area contributed by atoms with Crippen molar-refractivity contribution in [1.82, 2.24) is 10.0 Å². The zero-order chi connectivity index (χ0) is 11.3. The van der Waals surface area contributed by atoms with E-state index in [4.69, 9.17) is 0 Å². The topological polar surface area (TPSA) is 58.2 Å². The summed E-state index contributed by atoms with van der Waals surface area (Å²) < 4.78 is 26.1.